The van der Waals surface area contributed by atoms with Gasteiger partial charge in [0.2, 0.25) is 0 Å². The van der Waals surface area contributed by atoms with E-state index in [4.69, 9.17) is 9.31 Å². The Kier molecular flexibility index (Phi) is 10.1. The van der Waals surface area contributed by atoms with E-state index in [0.717, 1.165) is 9.94 Å². The van der Waals surface area contributed by atoms with Gasteiger partial charge < -0.3 is 9.31 Å². The summed E-state index contributed by atoms with van der Waals surface area (Å²) in [6.07, 6.45) is 0. The van der Waals surface area contributed by atoms with Crippen LogP contribution in [0.15, 0.2) is 174 Å². The average molecular weight is 848 g/mol. The molecule has 1 saturated heterocycles. The molecule has 0 atom stereocenters. The van der Waals surface area contributed by atoms with Crippen LogP contribution in [0.25, 0.3) is 54.9 Å². The molecule has 2 nitrogen and oxygen atoms in total. The summed E-state index contributed by atoms with van der Waals surface area (Å²) in [4.78, 5) is 0. The van der Waals surface area contributed by atoms with Crippen LogP contribution in [-0.4, -0.2) is 18.3 Å². The van der Waals surface area contributed by atoms with Gasteiger partial charge in [0.15, 0.2) is 0 Å². The Bertz CT molecular complexity index is 2910. The van der Waals surface area contributed by atoms with Crippen molar-refractivity contribution in [2.75, 3.05) is 0 Å². The van der Waals surface area contributed by atoms with E-state index < -0.39 is 0 Å². The average Bonchev–Trinajstić information content (AvgIpc) is 3.73. The molecule has 0 saturated carbocycles. The summed E-state index contributed by atoms with van der Waals surface area (Å²) >= 11 is 3.56. The van der Waals surface area contributed by atoms with Gasteiger partial charge in [0.25, 0.3) is 0 Å². The van der Waals surface area contributed by atoms with E-state index in [0.29, 0.717) is 0 Å². The highest BCUT2D eigenvalue weighted by molar-refractivity contribution is 9.10. The number of fused-ring (bicyclic) bond motifs is 8. The molecule has 0 aromatic heterocycles. The van der Waals surface area contributed by atoms with Gasteiger partial charge in [0, 0.05) is 15.3 Å². The fourth-order valence-electron chi connectivity index (χ4n) is 9.26. The van der Waals surface area contributed by atoms with Crippen molar-refractivity contribution in [2.24, 2.45) is 0 Å². The van der Waals surface area contributed by atoms with Crippen molar-refractivity contribution in [1.29, 1.82) is 0 Å². The monoisotopic (exact) mass is 846 g/mol. The molecule has 1 aliphatic heterocycles. The molecule has 298 valence electrons. The van der Waals surface area contributed by atoms with Gasteiger partial charge in [0.1, 0.15) is 0 Å². The molecular weight excluding hydrogens is 795 g/mol. The normalized spacial score (nSPS) is 16.8. The third-order valence-electron chi connectivity index (χ3n) is 13.5. The van der Waals surface area contributed by atoms with Crippen molar-refractivity contribution in [3.8, 4) is 33.4 Å². The highest BCUT2D eigenvalue weighted by atomic mass is 79.9. The molecule has 11 rings (SSSR count). The van der Waals surface area contributed by atoms with Crippen molar-refractivity contribution >= 4 is 50.1 Å². The van der Waals surface area contributed by atoms with Gasteiger partial charge in [-0.05, 0) is 135 Å². The van der Waals surface area contributed by atoms with Crippen LogP contribution in [0.5, 0.6) is 0 Å². The summed E-state index contributed by atoms with van der Waals surface area (Å²) in [5.74, 6) is 0. The first kappa shape index (κ1) is 40.2. The second kappa shape index (κ2) is 15.0. The highest BCUT2D eigenvalue weighted by Gasteiger charge is 2.51. The highest BCUT2D eigenvalue weighted by Crippen LogP contribution is 2.50. The lowest BCUT2D eigenvalue weighted by Crippen LogP contribution is -2.41. The summed E-state index contributed by atoms with van der Waals surface area (Å²) < 4.78 is 13.3. The second-order valence-corrected chi connectivity index (χ2v) is 19.5. The maximum absolute atomic E-state index is 6.08. The van der Waals surface area contributed by atoms with E-state index in [9.17, 15) is 0 Å². The Labute approximate surface area is 364 Å². The second-order valence-electron chi connectivity index (χ2n) is 18.5. The standard InChI is InChI=1S/C25H20.C16H19BO2.C15H13Br/c1-25(2)23-10-6-5-9-21(23)22-14-13-20(16-24(22)25)19-12-11-17-7-3-4-8-18(17)15-19;1-15(2)16(3,4)19-17(18-15)14-10-9-12-7-5-6-8-13(12)11-14;1-15(2)13-6-4-3-5-11(13)12-8-7-10(16)9-14(12)15/h3-16H,1-2H3;5-11H,1-4H3;3-9H,1-2H3. The molecule has 1 fully saturated rings. The Hall–Kier alpha value is -5.26. The Balaban J connectivity index is 0.000000119. The first-order chi connectivity index (χ1) is 28.6. The van der Waals surface area contributed by atoms with Crippen molar-refractivity contribution < 1.29 is 9.31 Å². The van der Waals surface area contributed by atoms with Crippen molar-refractivity contribution in [1.82, 2.24) is 0 Å². The molecular formula is C56H52BBrO2. The zero-order chi connectivity index (χ0) is 42.0. The molecule has 0 spiro atoms. The Morgan fingerprint density at radius 2 is 0.783 bits per heavy atom. The lowest BCUT2D eigenvalue weighted by atomic mass is 9.78. The van der Waals surface area contributed by atoms with E-state index in [1.807, 2.05) is 0 Å². The number of hydrogen-bond donors (Lipinski definition) is 0. The Morgan fingerprint density at radius 3 is 1.37 bits per heavy atom. The molecule has 0 bridgehead atoms. The molecule has 0 N–H and O–H groups in total. The van der Waals surface area contributed by atoms with E-state index in [1.165, 1.54) is 77.2 Å². The SMILES string of the molecule is CC1(C)OB(c2ccc3ccccc3c2)OC1(C)C.CC1(C)c2ccccc2-c2ccc(-c3ccc4ccccc4c3)cc21.CC1(C)c2ccccc2-c2ccc(Br)cc21. The van der Waals surface area contributed by atoms with Crippen LogP contribution in [0.1, 0.15) is 77.6 Å². The van der Waals surface area contributed by atoms with Gasteiger partial charge in [0.05, 0.1) is 11.2 Å². The maximum atomic E-state index is 6.08. The lowest BCUT2D eigenvalue weighted by Gasteiger charge is -2.32. The summed E-state index contributed by atoms with van der Waals surface area (Å²) in [7, 11) is -0.283. The first-order valence-electron chi connectivity index (χ1n) is 21.1. The van der Waals surface area contributed by atoms with Crippen LogP contribution in [0.3, 0.4) is 0 Å². The largest absolute Gasteiger partial charge is 0.494 e. The fourth-order valence-corrected chi connectivity index (χ4v) is 9.62. The minimum atomic E-state index is -0.288. The zero-order valence-electron chi connectivity index (χ0n) is 35.9. The smallest absolute Gasteiger partial charge is 0.399 e. The molecule has 0 amide bonds. The molecule has 8 aromatic rings. The van der Waals surface area contributed by atoms with Crippen LogP contribution < -0.4 is 5.46 Å². The molecule has 1 heterocycles. The van der Waals surface area contributed by atoms with Gasteiger partial charge in [-0.15, -0.1) is 0 Å². The molecule has 0 unspecified atom stereocenters. The number of benzene rings is 8. The predicted molar refractivity (Wildman–Crippen MR) is 258 cm³/mol. The summed E-state index contributed by atoms with van der Waals surface area (Å²) in [6, 6.07) is 61.0. The number of halogens is 1. The first-order valence-corrected chi connectivity index (χ1v) is 21.9. The molecule has 0 radical (unpaired) electrons. The van der Waals surface area contributed by atoms with Gasteiger partial charge in [-0.2, -0.15) is 0 Å². The fraction of sp³-hybridized carbons (Fsp3) is 0.214. The van der Waals surface area contributed by atoms with Gasteiger partial charge in [-0.3, -0.25) is 0 Å². The van der Waals surface area contributed by atoms with Crippen molar-refractivity contribution in [3.05, 3.63) is 197 Å². The van der Waals surface area contributed by atoms with Gasteiger partial charge in [-0.25, -0.2) is 0 Å². The third-order valence-corrected chi connectivity index (χ3v) is 14.0. The van der Waals surface area contributed by atoms with Crippen LogP contribution in [0, 0.1) is 0 Å². The minimum Gasteiger partial charge on any atom is -0.399 e. The van der Waals surface area contributed by atoms with Crippen LogP contribution in [0.2, 0.25) is 0 Å². The van der Waals surface area contributed by atoms with E-state index in [2.05, 4.69) is 241 Å². The Morgan fingerprint density at radius 1 is 0.367 bits per heavy atom. The molecule has 3 aliphatic rings. The summed E-state index contributed by atoms with van der Waals surface area (Å²) in [6.45, 7) is 17.6. The molecule has 2 aliphatic carbocycles. The minimum absolute atomic E-state index is 0.0544. The quantitative estimate of drug-likeness (QED) is 0.161. The third kappa shape index (κ3) is 7.03. The summed E-state index contributed by atoms with van der Waals surface area (Å²) in [5, 5.41) is 5.04. The molecule has 4 heteroatoms. The van der Waals surface area contributed by atoms with E-state index in [-0.39, 0.29) is 29.2 Å². The molecule has 60 heavy (non-hydrogen) atoms. The maximum Gasteiger partial charge on any atom is 0.494 e. The zero-order valence-corrected chi connectivity index (χ0v) is 37.5. The van der Waals surface area contributed by atoms with Crippen molar-refractivity contribution in [3.63, 3.8) is 0 Å². The van der Waals surface area contributed by atoms with Crippen LogP contribution in [0.4, 0.5) is 0 Å². The molecule has 8 aromatic carbocycles. The van der Waals surface area contributed by atoms with E-state index >= 15 is 0 Å². The predicted octanol–water partition coefficient (Wildman–Crippen LogP) is 14.7. The number of rotatable bonds is 2. The topological polar surface area (TPSA) is 18.5 Å². The van der Waals surface area contributed by atoms with E-state index in [1.54, 1.807) is 0 Å². The lowest BCUT2D eigenvalue weighted by molar-refractivity contribution is 0.00578. The van der Waals surface area contributed by atoms with Crippen molar-refractivity contribution in [2.45, 2.75) is 77.4 Å². The van der Waals surface area contributed by atoms with Gasteiger partial charge >= 0.3 is 7.12 Å². The van der Waals surface area contributed by atoms with Gasteiger partial charge in [-0.1, -0.05) is 189 Å². The summed E-state index contributed by atoms with van der Waals surface area (Å²) in [5.41, 5.74) is 14.5. The number of hydrogen-bond acceptors (Lipinski definition) is 2. The van der Waals surface area contributed by atoms with Crippen LogP contribution >= 0.6 is 15.9 Å². The van der Waals surface area contributed by atoms with Crippen LogP contribution in [-0.2, 0) is 20.1 Å².